The Morgan fingerprint density at radius 1 is 1.10 bits per heavy atom. The van der Waals surface area contributed by atoms with Crippen LogP contribution in [-0.4, -0.2) is 38.5 Å². The normalized spacial score (nSPS) is 13.2. The van der Waals surface area contributed by atoms with Gasteiger partial charge >= 0.3 is 0 Å². The average Bonchev–Trinajstić information content (AvgIpc) is 3.38. The summed E-state index contributed by atoms with van der Waals surface area (Å²) in [5.74, 6) is 0.812. The van der Waals surface area contributed by atoms with Gasteiger partial charge in [-0.2, -0.15) is 0 Å². The number of amides is 1. The van der Waals surface area contributed by atoms with Crippen LogP contribution in [0, 0.1) is 0 Å². The van der Waals surface area contributed by atoms with Crippen LogP contribution in [0.4, 0.5) is 5.69 Å². The van der Waals surface area contributed by atoms with Gasteiger partial charge in [0.25, 0.3) is 0 Å². The Labute approximate surface area is 165 Å². The molecule has 1 aliphatic rings. The number of carbonyl (C=O) groups is 2. The quantitative estimate of drug-likeness (QED) is 0.456. The zero-order valence-electron chi connectivity index (χ0n) is 15.4. The lowest BCUT2D eigenvalue weighted by Crippen LogP contribution is -2.20. The molecule has 0 radical (unpaired) electrons. The van der Waals surface area contributed by atoms with Crippen molar-refractivity contribution in [3.63, 3.8) is 0 Å². The number of nitrogens with zero attached hydrogens (tertiary/aromatic N) is 2. The van der Waals surface area contributed by atoms with E-state index in [1.54, 1.807) is 18.2 Å². The average molecular weight is 387 g/mol. The minimum Gasteiger partial charge on any atom is -0.468 e. The number of nitrogens with one attached hydrogen (secondary N) is 3. The van der Waals surface area contributed by atoms with Gasteiger partial charge in [-0.15, -0.1) is 5.10 Å². The number of para-hydroxylation sites is 2. The van der Waals surface area contributed by atoms with Crippen LogP contribution in [-0.2, 0) is 11.2 Å². The van der Waals surface area contributed by atoms with Crippen LogP contribution in [0.5, 0.6) is 5.88 Å². The standard InChI is InChI=1S/C21H17N5O3/c27-18(13-5-7-14-12(9-13)6-8-19(28)22-14)11-29-20-10-17(25-26-20)21-23-15-3-1-2-4-16(15)24-21/h1-5,7,9-10H,6,8,11H2,(H,22,28)(H,23,24)(H,25,26). The van der Waals surface area contributed by atoms with Crippen LogP contribution in [0.2, 0.25) is 0 Å². The summed E-state index contributed by atoms with van der Waals surface area (Å²) in [4.78, 5) is 31.7. The minimum absolute atomic E-state index is 0.00120. The second-order valence-electron chi connectivity index (χ2n) is 6.85. The van der Waals surface area contributed by atoms with Gasteiger partial charge in [0.15, 0.2) is 18.2 Å². The van der Waals surface area contributed by atoms with Gasteiger partial charge in [-0.1, -0.05) is 12.1 Å². The Morgan fingerprint density at radius 2 is 2.00 bits per heavy atom. The number of ether oxygens (including phenoxy) is 1. The summed E-state index contributed by atoms with van der Waals surface area (Å²) in [7, 11) is 0. The lowest BCUT2D eigenvalue weighted by Gasteiger charge is -2.17. The lowest BCUT2D eigenvalue weighted by molar-refractivity contribution is -0.116. The number of anilines is 1. The Bertz CT molecular complexity index is 1210. The Kier molecular flexibility index (Phi) is 4.09. The van der Waals surface area contributed by atoms with Crippen molar-refractivity contribution >= 4 is 28.4 Å². The largest absolute Gasteiger partial charge is 0.468 e. The van der Waals surface area contributed by atoms with Crippen molar-refractivity contribution in [1.29, 1.82) is 0 Å². The van der Waals surface area contributed by atoms with Gasteiger partial charge in [-0.05, 0) is 42.3 Å². The number of ketones is 1. The molecular formula is C21H17N5O3. The van der Waals surface area contributed by atoms with E-state index in [9.17, 15) is 9.59 Å². The predicted octanol–water partition coefficient (Wildman–Crippen LogP) is 3.10. The molecule has 1 aliphatic heterocycles. The summed E-state index contributed by atoms with van der Waals surface area (Å²) in [6, 6.07) is 14.7. The van der Waals surface area contributed by atoms with E-state index in [4.69, 9.17) is 4.74 Å². The summed E-state index contributed by atoms with van der Waals surface area (Å²) < 4.78 is 5.56. The molecular weight excluding hydrogens is 370 g/mol. The SMILES string of the molecule is O=C1CCc2cc(C(=O)COc3cc(-c4nc5ccccc5[nH]4)[nH]n3)ccc2N1. The topological polar surface area (TPSA) is 113 Å². The van der Waals surface area contributed by atoms with Crippen LogP contribution >= 0.6 is 0 Å². The molecule has 0 spiro atoms. The third-order valence-electron chi connectivity index (χ3n) is 4.87. The first kappa shape index (κ1) is 17.2. The third-order valence-corrected chi connectivity index (χ3v) is 4.87. The molecule has 144 valence electrons. The number of aryl methyl sites for hydroxylation is 1. The highest BCUT2D eigenvalue weighted by molar-refractivity contribution is 5.99. The van der Waals surface area contributed by atoms with E-state index in [0.29, 0.717) is 35.8 Å². The van der Waals surface area contributed by atoms with Gasteiger partial charge in [0.05, 0.1) is 11.0 Å². The number of aromatic amines is 2. The van der Waals surface area contributed by atoms with Crippen LogP contribution in [0.3, 0.4) is 0 Å². The lowest BCUT2D eigenvalue weighted by atomic mass is 9.99. The van der Waals surface area contributed by atoms with Crippen molar-refractivity contribution in [1.82, 2.24) is 20.2 Å². The maximum atomic E-state index is 12.5. The molecule has 0 aliphatic carbocycles. The first-order valence-corrected chi connectivity index (χ1v) is 9.25. The molecule has 8 nitrogen and oxygen atoms in total. The molecule has 0 unspecified atom stereocenters. The molecule has 1 amide bonds. The third kappa shape index (κ3) is 3.36. The smallest absolute Gasteiger partial charge is 0.233 e. The molecule has 3 N–H and O–H groups in total. The van der Waals surface area contributed by atoms with Crippen LogP contribution in [0.1, 0.15) is 22.3 Å². The van der Waals surface area contributed by atoms with Crippen molar-refractivity contribution in [3.8, 4) is 17.4 Å². The summed E-state index contributed by atoms with van der Waals surface area (Å²) in [5, 5.41) is 9.78. The van der Waals surface area contributed by atoms with Gasteiger partial charge in [-0.25, -0.2) is 4.98 Å². The van der Waals surface area contributed by atoms with Crippen molar-refractivity contribution in [2.45, 2.75) is 12.8 Å². The second kappa shape index (κ2) is 6.90. The number of rotatable bonds is 5. The van der Waals surface area contributed by atoms with Gasteiger partial charge in [0.1, 0.15) is 5.69 Å². The summed E-state index contributed by atoms with van der Waals surface area (Å²) in [6.45, 7) is -0.129. The predicted molar refractivity (Wildman–Crippen MR) is 107 cm³/mol. The van der Waals surface area contributed by atoms with Crippen LogP contribution in [0.25, 0.3) is 22.6 Å². The molecule has 8 heteroatoms. The molecule has 4 aromatic rings. The van der Waals surface area contributed by atoms with E-state index >= 15 is 0 Å². The van der Waals surface area contributed by atoms with E-state index in [1.807, 2.05) is 30.3 Å². The minimum atomic E-state index is -0.155. The van der Waals surface area contributed by atoms with Crippen LogP contribution in [0.15, 0.2) is 48.5 Å². The van der Waals surface area contributed by atoms with Gasteiger partial charge < -0.3 is 15.0 Å². The fourth-order valence-corrected chi connectivity index (χ4v) is 3.36. The number of aromatic nitrogens is 4. The van der Waals surface area contributed by atoms with Crippen molar-refractivity contribution in [2.24, 2.45) is 0 Å². The number of imidazole rings is 1. The molecule has 0 bridgehead atoms. The Morgan fingerprint density at radius 3 is 2.90 bits per heavy atom. The van der Waals surface area contributed by atoms with Gasteiger partial charge in [-0.3, -0.25) is 14.7 Å². The first-order chi connectivity index (χ1) is 14.2. The number of carbonyl (C=O) groups excluding carboxylic acids is 2. The van der Waals surface area contributed by atoms with E-state index in [2.05, 4.69) is 25.5 Å². The first-order valence-electron chi connectivity index (χ1n) is 9.25. The molecule has 29 heavy (non-hydrogen) atoms. The molecule has 0 atom stereocenters. The molecule has 0 saturated heterocycles. The number of hydrogen-bond acceptors (Lipinski definition) is 5. The maximum absolute atomic E-state index is 12.5. The highest BCUT2D eigenvalue weighted by Crippen LogP contribution is 2.24. The van der Waals surface area contributed by atoms with E-state index in [-0.39, 0.29) is 18.3 Å². The highest BCUT2D eigenvalue weighted by Gasteiger charge is 2.17. The van der Waals surface area contributed by atoms with Crippen LogP contribution < -0.4 is 10.1 Å². The van der Waals surface area contributed by atoms with Crippen molar-refractivity contribution < 1.29 is 14.3 Å². The number of H-pyrrole nitrogens is 2. The summed E-state index contributed by atoms with van der Waals surface area (Å²) in [6.07, 6.45) is 1.06. The summed E-state index contributed by atoms with van der Waals surface area (Å²) in [5.41, 5.74) is 4.74. The summed E-state index contributed by atoms with van der Waals surface area (Å²) >= 11 is 0. The highest BCUT2D eigenvalue weighted by atomic mass is 16.5. The number of hydrogen-bond donors (Lipinski definition) is 3. The molecule has 2 aromatic heterocycles. The number of Topliss-reactive ketones (excluding diaryl/α,β-unsaturated/α-hetero) is 1. The monoisotopic (exact) mass is 387 g/mol. The molecule has 3 heterocycles. The Balaban J connectivity index is 1.27. The van der Waals surface area contributed by atoms with Crippen molar-refractivity contribution in [3.05, 3.63) is 59.7 Å². The second-order valence-corrected chi connectivity index (χ2v) is 6.85. The maximum Gasteiger partial charge on any atom is 0.233 e. The molecule has 2 aromatic carbocycles. The molecule has 5 rings (SSSR count). The fraction of sp³-hybridized carbons (Fsp3) is 0.143. The molecule has 0 fully saturated rings. The Hall–Kier alpha value is -3.94. The van der Waals surface area contributed by atoms with Crippen molar-refractivity contribution in [2.75, 3.05) is 11.9 Å². The van der Waals surface area contributed by atoms with E-state index in [0.717, 1.165) is 22.3 Å². The number of fused-ring (bicyclic) bond motifs is 2. The van der Waals surface area contributed by atoms with E-state index in [1.165, 1.54) is 0 Å². The van der Waals surface area contributed by atoms with E-state index < -0.39 is 0 Å². The molecule has 0 saturated carbocycles. The fourth-order valence-electron chi connectivity index (χ4n) is 3.36. The van der Waals surface area contributed by atoms with Gasteiger partial charge in [0, 0.05) is 23.7 Å². The zero-order valence-corrected chi connectivity index (χ0v) is 15.4. The number of benzene rings is 2. The van der Waals surface area contributed by atoms with Gasteiger partial charge in [0.2, 0.25) is 11.8 Å². The zero-order chi connectivity index (χ0) is 19.8.